The van der Waals surface area contributed by atoms with Gasteiger partial charge in [-0.2, -0.15) is 13.2 Å². The maximum Gasteiger partial charge on any atom is 0.389 e. The molecule has 6 heteroatoms. The third-order valence-corrected chi connectivity index (χ3v) is 3.43. The van der Waals surface area contributed by atoms with Crippen LogP contribution < -0.4 is 5.32 Å². The average molecular weight is 280 g/mol. The third kappa shape index (κ3) is 5.01. The topological polar surface area (TPSA) is 32.3 Å². The Bertz CT molecular complexity index is 294. The van der Waals surface area contributed by atoms with Gasteiger partial charge in [0.1, 0.15) is 0 Å². The van der Waals surface area contributed by atoms with Gasteiger partial charge in [-0.1, -0.05) is 20.3 Å². The van der Waals surface area contributed by atoms with Crippen molar-refractivity contribution in [2.24, 2.45) is 0 Å². The fourth-order valence-corrected chi connectivity index (χ4v) is 2.43. The van der Waals surface area contributed by atoms with Crippen molar-refractivity contribution in [1.29, 1.82) is 0 Å². The molecule has 0 aromatic carbocycles. The van der Waals surface area contributed by atoms with E-state index in [4.69, 9.17) is 0 Å². The second-order valence-electron chi connectivity index (χ2n) is 5.04. The maximum atomic E-state index is 12.1. The Morgan fingerprint density at radius 1 is 1.26 bits per heavy atom. The van der Waals surface area contributed by atoms with Gasteiger partial charge in [-0.25, -0.2) is 0 Å². The largest absolute Gasteiger partial charge is 0.389 e. The molecule has 2 unspecified atom stereocenters. The summed E-state index contributed by atoms with van der Waals surface area (Å²) in [5, 5.41) is 3.25. The first kappa shape index (κ1) is 16.3. The lowest BCUT2D eigenvalue weighted by atomic mass is 10.2. The molecule has 1 heterocycles. The van der Waals surface area contributed by atoms with Crippen molar-refractivity contribution in [1.82, 2.24) is 10.2 Å². The highest BCUT2D eigenvalue weighted by molar-refractivity contribution is 5.84. The van der Waals surface area contributed by atoms with E-state index < -0.39 is 12.6 Å². The van der Waals surface area contributed by atoms with Crippen LogP contribution in [-0.2, 0) is 4.79 Å². The highest BCUT2D eigenvalue weighted by atomic mass is 19.4. The molecule has 1 rings (SSSR count). The molecule has 1 amide bonds. The number of halogens is 3. The summed E-state index contributed by atoms with van der Waals surface area (Å²) in [5.74, 6) is 0.0351. The number of nitrogens with one attached hydrogen (secondary N) is 1. The maximum absolute atomic E-state index is 12.1. The normalized spacial score (nSPS) is 24.3. The van der Waals surface area contributed by atoms with Crippen LogP contribution in [0.4, 0.5) is 13.2 Å². The predicted molar refractivity (Wildman–Crippen MR) is 67.5 cm³/mol. The van der Waals surface area contributed by atoms with Gasteiger partial charge in [0.25, 0.3) is 0 Å². The molecule has 0 radical (unpaired) electrons. The minimum atomic E-state index is -4.10. The van der Waals surface area contributed by atoms with E-state index in [0.717, 1.165) is 19.3 Å². The highest BCUT2D eigenvalue weighted by Gasteiger charge is 2.36. The lowest BCUT2D eigenvalue weighted by molar-refractivity contribution is -0.136. The van der Waals surface area contributed by atoms with Crippen molar-refractivity contribution < 1.29 is 18.0 Å². The third-order valence-electron chi connectivity index (χ3n) is 3.43. The number of nitrogens with zero attached hydrogens (tertiary/aromatic N) is 1. The van der Waals surface area contributed by atoms with Crippen LogP contribution in [0.1, 0.15) is 52.4 Å². The van der Waals surface area contributed by atoms with Gasteiger partial charge >= 0.3 is 6.18 Å². The standard InChI is InChI=1S/C13H23F3N2O/c1-3-7-11-17-10(4-2)12(19)18(11)9-6-5-8-13(14,15)16/h10-11,17H,3-9H2,1-2H3. The summed E-state index contributed by atoms with van der Waals surface area (Å²) < 4.78 is 36.2. The summed E-state index contributed by atoms with van der Waals surface area (Å²) in [4.78, 5) is 13.8. The zero-order valence-electron chi connectivity index (χ0n) is 11.6. The van der Waals surface area contributed by atoms with E-state index in [0.29, 0.717) is 13.0 Å². The SMILES string of the molecule is CCCC1NC(CC)C(=O)N1CCCCC(F)(F)F. The van der Waals surface area contributed by atoms with Crippen LogP contribution in [0, 0.1) is 0 Å². The fraction of sp³-hybridized carbons (Fsp3) is 0.923. The number of carbonyl (C=O) groups excluding carboxylic acids is 1. The van der Waals surface area contributed by atoms with Gasteiger partial charge in [-0.3, -0.25) is 10.1 Å². The number of unbranched alkanes of at least 4 members (excludes halogenated alkanes) is 1. The molecule has 112 valence electrons. The summed E-state index contributed by atoms with van der Waals surface area (Å²) in [6.45, 7) is 4.39. The zero-order chi connectivity index (χ0) is 14.5. The molecule has 0 aromatic heterocycles. The van der Waals surface area contributed by atoms with Crippen LogP contribution in [0.25, 0.3) is 0 Å². The van der Waals surface area contributed by atoms with Crippen molar-refractivity contribution in [2.75, 3.05) is 6.54 Å². The van der Waals surface area contributed by atoms with E-state index in [2.05, 4.69) is 5.32 Å². The molecule has 0 spiro atoms. The molecule has 0 aromatic rings. The first-order valence-corrected chi connectivity index (χ1v) is 7.02. The van der Waals surface area contributed by atoms with E-state index in [1.165, 1.54) is 0 Å². The van der Waals surface area contributed by atoms with E-state index >= 15 is 0 Å². The van der Waals surface area contributed by atoms with Gasteiger partial charge in [-0.15, -0.1) is 0 Å². The molecule has 0 bridgehead atoms. The van der Waals surface area contributed by atoms with Crippen LogP contribution in [-0.4, -0.2) is 35.7 Å². The highest BCUT2D eigenvalue weighted by Crippen LogP contribution is 2.23. The average Bonchev–Trinajstić information content (AvgIpc) is 2.61. The number of rotatable bonds is 7. The lowest BCUT2D eigenvalue weighted by Gasteiger charge is -2.23. The summed E-state index contributed by atoms with van der Waals surface area (Å²) in [7, 11) is 0. The summed E-state index contributed by atoms with van der Waals surface area (Å²) >= 11 is 0. The summed E-state index contributed by atoms with van der Waals surface area (Å²) in [6, 6.07) is -0.167. The second-order valence-corrected chi connectivity index (χ2v) is 5.04. The van der Waals surface area contributed by atoms with E-state index in [1.807, 2.05) is 13.8 Å². The first-order valence-electron chi connectivity index (χ1n) is 7.02. The molecule has 3 nitrogen and oxygen atoms in total. The molecule has 1 N–H and O–H groups in total. The molecule has 0 saturated carbocycles. The van der Waals surface area contributed by atoms with Crippen molar-refractivity contribution in [2.45, 2.75) is 70.8 Å². The van der Waals surface area contributed by atoms with Crippen LogP contribution in [0.5, 0.6) is 0 Å². The fourth-order valence-electron chi connectivity index (χ4n) is 2.43. The minimum absolute atomic E-state index is 0.00617. The number of carbonyl (C=O) groups is 1. The Labute approximate surface area is 112 Å². The van der Waals surface area contributed by atoms with E-state index in [1.54, 1.807) is 4.90 Å². The molecule has 2 atom stereocenters. The molecule has 0 aliphatic carbocycles. The number of hydrogen-bond donors (Lipinski definition) is 1. The molecule has 1 fully saturated rings. The lowest BCUT2D eigenvalue weighted by Crippen LogP contribution is -2.37. The van der Waals surface area contributed by atoms with Crippen LogP contribution in [0.2, 0.25) is 0 Å². The number of hydrogen-bond acceptors (Lipinski definition) is 2. The number of amides is 1. The Kier molecular flexibility index (Phi) is 6.10. The number of alkyl halides is 3. The van der Waals surface area contributed by atoms with Crippen LogP contribution in [0.3, 0.4) is 0 Å². The monoisotopic (exact) mass is 280 g/mol. The molecule has 1 aliphatic rings. The first-order chi connectivity index (χ1) is 8.89. The van der Waals surface area contributed by atoms with Gasteiger partial charge in [-0.05, 0) is 25.7 Å². The van der Waals surface area contributed by atoms with Gasteiger partial charge in [0, 0.05) is 13.0 Å². The van der Waals surface area contributed by atoms with Crippen molar-refractivity contribution in [3.63, 3.8) is 0 Å². The quantitative estimate of drug-likeness (QED) is 0.727. The van der Waals surface area contributed by atoms with Crippen LogP contribution in [0.15, 0.2) is 0 Å². The summed E-state index contributed by atoms with van der Waals surface area (Å²) in [6.07, 6.45) is -1.86. The van der Waals surface area contributed by atoms with Crippen LogP contribution >= 0.6 is 0 Å². The van der Waals surface area contributed by atoms with Crippen molar-refractivity contribution in [3.8, 4) is 0 Å². The Morgan fingerprint density at radius 3 is 2.47 bits per heavy atom. The zero-order valence-corrected chi connectivity index (χ0v) is 11.6. The van der Waals surface area contributed by atoms with Crippen molar-refractivity contribution in [3.05, 3.63) is 0 Å². The van der Waals surface area contributed by atoms with E-state index in [-0.39, 0.29) is 24.5 Å². The molecular formula is C13H23F3N2O. The van der Waals surface area contributed by atoms with Gasteiger partial charge < -0.3 is 4.90 Å². The minimum Gasteiger partial charge on any atom is -0.326 e. The molecule has 19 heavy (non-hydrogen) atoms. The van der Waals surface area contributed by atoms with Gasteiger partial charge in [0.15, 0.2) is 0 Å². The summed E-state index contributed by atoms with van der Waals surface area (Å²) in [5.41, 5.74) is 0. The van der Waals surface area contributed by atoms with Gasteiger partial charge in [0.2, 0.25) is 5.91 Å². The smallest absolute Gasteiger partial charge is 0.326 e. The Morgan fingerprint density at radius 2 is 1.95 bits per heavy atom. The van der Waals surface area contributed by atoms with Crippen molar-refractivity contribution >= 4 is 5.91 Å². The second kappa shape index (κ2) is 7.12. The van der Waals surface area contributed by atoms with E-state index in [9.17, 15) is 18.0 Å². The predicted octanol–water partition coefficient (Wildman–Crippen LogP) is 3.06. The van der Waals surface area contributed by atoms with Gasteiger partial charge in [0.05, 0.1) is 12.2 Å². The molecular weight excluding hydrogens is 257 g/mol. The molecule has 1 saturated heterocycles. The Hall–Kier alpha value is -0.780. The molecule has 1 aliphatic heterocycles. The Balaban J connectivity index is 2.42.